The number of hydrogen-bond donors (Lipinski definition) is 1. The van der Waals surface area contributed by atoms with Gasteiger partial charge in [-0.15, -0.1) is 0 Å². The number of aryl methyl sites for hydroxylation is 1. The summed E-state index contributed by atoms with van der Waals surface area (Å²) in [5.41, 5.74) is 2.02. The smallest absolute Gasteiger partial charge is 0.307 e. The van der Waals surface area contributed by atoms with Crippen LogP contribution in [0, 0.1) is 5.92 Å². The number of carbonyl (C=O) groups is 1. The predicted octanol–water partition coefficient (Wildman–Crippen LogP) is 3.43. The van der Waals surface area contributed by atoms with Crippen molar-refractivity contribution in [2.75, 3.05) is 18.4 Å². The van der Waals surface area contributed by atoms with Crippen molar-refractivity contribution in [3.63, 3.8) is 0 Å². The molecule has 2 aromatic carbocycles. The van der Waals surface area contributed by atoms with E-state index in [1.165, 1.54) is 4.31 Å². The highest BCUT2D eigenvalue weighted by Crippen LogP contribution is 2.25. The van der Waals surface area contributed by atoms with Gasteiger partial charge in [0.25, 0.3) is 0 Å². The Balaban J connectivity index is 1.45. The van der Waals surface area contributed by atoms with Gasteiger partial charge in [-0.05, 0) is 48.7 Å². The molecule has 164 valence electrons. The van der Waals surface area contributed by atoms with Crippen LogP contribution in [0.15, 0.2) is 47.3 Å². The van der Waals surface area contributed by atoms with Gasteiger partial charge < -0.3 is 9.88 Å². The lowest BCUT2D eigenvalue weighted by molar-refractivity contribution is -0.120. The van der Waals surface area contributed by atoms with Crippen LogP contribution in [0.5, 0.6) is 0 Å². The molecule has 0 bridgehead atoms. The lowest BCUT2D eigenvalue weighted by atomic mass is 9.98. The maximum absolute atomic E-state index is 12.9. The summed E-state index contributed by atoms with van der Waals surface area (Å²) in [5, 5.41) is 3.37. The molecule has 1 fully saturated rings. The first-order chi connectivity index (χ1) is 14.7. The maximum atomic E-state index is 12.9. The molecule has 1 amide bonds. The van der Waals surface area contributed by atoms with Crippen molar-refractivity contribution in [1.29, 1.82) is 0 Å². The minimum absolute atomic E-state index is 0.0636. The molecule has 10 heteroatoms. The lowest BCUT2D eigenvalue weighted by Gasteiger charge is -2.31. The monoisotopic (exact) mass is 479 g/mol. The number of benzene rings is 2. The molecular weight excluding hydrogens is 458 g/mol. The van der Waals surface area contributed by atoms with Gasteiger partial charge in [0.1, 0.15) is 0 Å². The first kappa shape index (κ1) is 22.0. The van der Waals surface area contributed by atoms with Crippen LogP contribution in [0.2, 0.25) is 5.02 Å². The number of thiazole rings is 1. The van der Waals surface area contributed by atoms with Crippen LogP contribution in [0.1, 0.15) is 18.4 Å². The minimum atomic E-state index is -3.56. The molecular formula is C21H22ClN3O4S2. The molecule has 7 nitrogen and oxygen atoms in total. The number of hydrogen-bond acceptors (Lipinski definition) is 5. The molecule has 2 heterocycles. The summed E-state index contributed by atoms with van der Waals surface area (Å²) in [6.07, 6.45) is 1.24. The van der Waals surface area contributed by atoms with E-state index in [1.807, 2.05) is 0 Å². The fourth-order valence-corrected chi connectivity index (χ4v) is 6.52. The summed E-state index contributed by atoms with van der Waals surface area (Å²) in [7, 11) is -1.86. The molecule has 0 unspecified atom stereocenters. The number of piperidine rings is 1. The number of aromatic nitrogens is 1. The zero-order chi connectivity index (χ0) is 22.2. The topological polar surface area (TPSA) is 88.5 Å². The number of halogens is 1. The second-order valence-electron chi connectivity index (χ2n) is 7.68. The Morgan fingerprint density at radius 2 is 2.06 bits per heavy atom. The zero-order valence-electron chi connectivity index (χ0n) is 16.9. The molecule has 0 aliphatic carbocycles. The number of rotatable bonds is 5. The Morgan fingerprint density at radius 3 is 2.84 bits per heavy atom. The third kappa shape index (κ3) is 4.85. The first-order valence-electron chi connectivity index (χ1n) is 9.86. The van der Waals surface area contributed by atoms with E-state index in [-0.39, 0.29) is 23.1 Å². The van der Waals surface area contributed by atoms with Gasteiger partial charge >= 0.3 is 4.87 Å². The molecule has 1 N–H and O–H groups in total. The molecule has 3 aromatic rings. The van der Waals surface area contributed by atoms with Gasteiger partial charge in [0, 0.05) is 30.8 Å². The van der Waals surface area contributed by atoms with E-state index in [0.29, 0.717) is 35.7 Å². The summed E-state index contributed by atoms with van der Waals surface area (Å²) in [6.45, 7) is 0.548. The van der Waals surface area contributed by atoms with E-state index in [4.69, 9.17) is 11.6 Å². The largest absolute Gasteiger partial charge is 0.326 e. The van der Waals surface area contributed by atoms with Crippen LogP contribution in [0.4, 0.5) is 5.69 Å². The maximum Gasteiger partial charge on any atom is 0.307 e. The molecule has 0 spiro atoms. The number of amides is 1. The van der Waals surface area contributed by atoms with Crippen LogP contribution in [0.3, 0.4) is 0 Å². The second kappa shape index (κ2) is 8.74. The van der Waals surface area contributed by atoms with Crippen molar-refractivity contribution < 1.29 is 13.2 Å². The standard InChI is InChI=1S/C21H22ClN3O4S2/c1-24-18-8-7-17(11-19(18)30-21(24)27)23-20(26)15-5-3-9-25(12-15)31(28,29)13-14-4-2-6-16(22)10-14/h2,4,6-8,10-11,15H,3,5,9,12-13H2,1H3,(H,23,26)/t15-/m1/s1. The van der Waals surface area contributed by atoms with Crippen LogP contribution in [-0.4, -0.2) is 36.3 Å². The minimum Gasteiger partial charge on any atom is -0.326 e. The van der Waals surface area contributed by atoms with Gasteiger partial charge in [-0.1, -0.05) is 35.1 Å². The van der Waals surface area contributed by atoms with Gasteiger partial charge in [0.15, 0.2) is 0 Å². The quantitative estimate of drug-likeness (QED) is 0.607. The van der Waals surface area contributed by atoms with Gasteiger partial charge in [0.05, 0.1) is 21.9 Å². The van der Waals surface area contributed by atoms with Crippen molar-refractivity contribution in [2.45, 2.75) is 18.6 Å². The fourth-order valence-electron chi connectivity index (χ4n) is 3.79. The Bertz CT molecular complexity index is 1300. The lowest BCUT2D eigenvalue weighted by Crippen LogP contribution is -2.44. The van der Waals surface area contributed by atoms with Gasteiger partial charge in [-0.2, -0.15) is 0 Å². The molecule has 0 saturated carbocycles. The average Bonchev–Trinajstić information content (AvgIpc) is 3.01. The Kier molecular flexibility index (Phi) is 6.20. The number of nitrogens with zero attached hydrogens (tertiary/aromatic N) is 2. The van der Waals surface area contributed by atoms with Crippen LogP contribution < -0.4 is 10.2 Å². The highest BCUT2D eigenvalue weighted by molar-refractivity contribution is 7.88. The van der Waals surface area contributed by atoms with Crippen LogP contribution in [0.25, 0.3) is 10.2 Å². The Hall–Kier alpha value is -2.20. The highest BCUT2D eigenvalue weighted by Gasteiger charge is 2.32. The molecule has 1 saturated heterocycles. The highest BCUT2D eigenvalue weighted by atomic mass is 35.5. The third-order valence-electron chi connectivity index (χ3n) is 5.45. The van der Waals surface area contributed by atoms with E-state index in [0.717, 1.165) is 21.6 Å². The van der Waals surface area contributed by atoms with E-state index < -0.39 is 15.9 Å². The number of carbonyl (C=O) groups excluding carboxylic acids is 1. The summed E-state index contributed by atoms with van der Waals surface area (Å²) in [4.78, 5) is 24.6. The number of nitrogens with one attached hydrogen (secondary N) is 1. The zero-order valence-corrected chi connectivity index (χ0v) is 19.3. The van der Waals surface area contributed by atoms with E-state index in [1.54, 1.807) is 54.1 Å². The normalized spacial score (nSPS) is 17.7. The Labute approximate surface area is 189 Å². The summed E-state index contributed by atoms with van der Waals surface area (Å²) >= 11 is 7.09. The number of sulfonamides is 1. The Morgan fingerprint density at radius 1 is 1.26 bits per heavy atom. The average molecular weight is 480 g/mol. The second-order valence-corrected chi connectivity index (χ2v) is 11.1. The van der Waals surface area contributed by atoms with Gasteiger partial charge in [-0.25, -0.2) is 12.7 Å². The first-order valence-corrected chi connectivity index (χ1v) is 12.7. The number of anilines is 1. The third-order valence-corrected chi connectivity index (χ3v) is 8.49. The van der Waals surface area contributed by atoms with Crippen LogP contribution in [-0.2, 0) is 27.6 Å². The molecule has 31 heavy (non-hydrogen) atoms. The molecule has 1 aromatic heterocycles. The van der Waals surface area contributed by atoms with E-state index in [2.05, 4.69) is 5.32 Å². The number of fused-ring (bicyclic) bond motifs is 1. The molecule has 1 atom stereocenters. The molecule has 0 radical (unpaired) electrons. The summed E-state index contributed by atoms with van der Waals surface area (Å²) in [5.74, 6) is -0.802. The molecule has 4 rings (SSSR count). The summed E-state index contributed by atoms with van der Waals surface area (Å²) in [6, 6.07) is 12.1. The van der Waals surface area contributed by atoms with Gasteiger partial charge in [-0.3, -0.25) is 9.59 Å². The van der Waals surface area contributed by atoms with Crippen molar-refractivity contribution in [2.24, 2.45) is 13.0 Å². The molecule has 1 aliphatic rings. The van der Waals surface area contributed by atoms with Crippen LogP contribution >= 0.6 is 22.9 Å². The van der Waals surface area contributed by atoms with Crippen molar-refractivity contribution in [3.05, 3.63) is 62.7 Å². The predicted molar refractivity (Wildman–Crippen MR) is 124 cm³/mol. The van der Waals surface area contributed by atoms with Crippen molar-refractivity contribution >= 4 is 54.8 Å². The van der Waals surface area contributed by atoms with Crippen molar-refractivity contribution in [1.82, 2.24) is 8.87 Å². The fraction of sp³-hybridized carbons (Fsp3) is 0.333. The van der Waals surface area contributed by atoms with E-state index in [9.17, 15) is 18.0 Å². The SMILES string of the molecule is Cn1c(=O)sc2cc(NC(=O)[C@@H]3CCCN(S(=O)(=O)Cc4cccc(Cl)c4)C3)ccc21. The van der Waals surface area contributed by atoms with E-state index >= 15 is 0 Å². The van der Waals surface area contributed by atoms with Gasteiger partial charge in [0.2, 0.25) is 15.9 Å². The van der Waals surface area contributed by atoms with Crippen molar-refractivity contribution in [3.8, 4) is 0 Å². The summed E-state index contributed by atoms with van der Waals surface area (Å²) < 4.78 is 29.5. The molecule has 1 aliphatic heterocycles.